The maximum atomic E-state index is 16.4. The highest BCUT2D eigenvalue weighted by Gasteiger charge is 2.40. The highest BCUT2D eigenvalue weighted by atomic mass is 32.1. The van der Waals surface area contributed by atoms with Gasteiger partial charge in [0.05, 0.1) is 24.8 Å². The van der Waals surface area contributed by atoms with Crippen LogP contribution in [0.2, 0.25) is 0 Å². The number of hydrogen-bond donors (Lipinski definition) is 3. The van der Waals surface area contributed by atoms with E-state index >= 15 is 4.39 Å². The van der Waals surface area contributed by atoms with Crippen LogP contribution in [0.3, 0.4) is 0 Å². The summed E-state index contributed by atoms with van der Waals surface area (Å²) in [5.41, 5.74) is 8.24. The third-order valence-corrected chi connectivity index (χ3v) is 13.4. The second kappa shape index (κ2) is 25.8. The molecule has 2 saturated heterocycles. The first kappa shape index (κ1) is 60.6. The number of hydrogen-bond acceptors (Lipinski definition) is 9. The average Bonchev–Trinajstić information content (AvgIpc) is 3.91. The van der Waals surface area contributed by atoms with Crippen LogP contribution in [0.4, 0.5) is 4.39 Å². The first-order valence-corrected chi connectivity index (χ1v) is 23.4. The van der Waals surface area contributed by atoms with Crippen LogP contribution >= 0.6 is 54.0 Å². The fraction of sp³-hybridized carbons (Fsp3) is 0.481. The summed E-state index contributed by atoms with van der Waals surface area (Å²) in [5.74, 6) is -3.40. The Morgan fingerprint density at radius 1 is 1.04 bits per heavy atom. The number of esters is 1. The topological polar surface area (TPSA) is 163 Å². The van der Waals surface area contributed by atoms with E-state index in [9.17, 15) is 29.1 Å². The van der Waals surface area contributed by atoms with E-state index in [1.54, 1.807) is 37.3 Å². The number of carbonyl (C=O) groups is 5. The zero-order chi connectivity index (χ0) is 48.3. The molecule has 14 nitrogen and oxygen atoms in total. The van der Waals surface area contributed by atoms with E-state index in [4.69, 9.17) is 9.47 Å². The summed E-state index contributed by atoms with van der Waals surface area (Å²) in [6.07, 6.45) is 3.42. The number of aromatic hydroxyl groups is 1. The number of fused-ring (bicyclic) bond motifs is 6. The predicted octanol–water partition coefficient (Wildman–Crippen LogP) is 6.65. The smallest absolute Gasteiger partial charge is 0.324 e. The second-order valence-corrected chi connectivity index (χ2v) is 19.3. The van der Waals surface area contributed by atoms with Crippen molar-refractivity contribution in [2.75, 3.05) is 47.0 Å². The minimum Gasteiger partial charge on any atom is -0.508 e. The van der Waals surface area contributed by atoms with Gasteiger partial charge in [0, 0.05) is 68.6 Å². The molecule has 3 aromatic carbocycles. The van der Waals surface area contributed by atoms with Gasteiger partial charge in [-0.05, 0) is 109 Å². The molecule has 390 valence electrons. The van der Waals surface area contributed by atoms with Gasteiger partial charge in [0.25, 0.3) is 5.91 Å². The molecule has 0 radical (unpaired) electrons. The number of nitrogens with one attached hydrogen (secondary N) is 2. The molecule has 4 atom stereocenters. The Labute approximate surface area is 445 Å². The third kappa shape index (κ3) is 13.3. The fourth-order valence-corrected chi connectivity index (χ4v) is 10.1. The van der Waals surface area contributed by atoms with Crippen molar-refractivity contribution in [2.45, 2.75) is 97.8 Å². The molecule has 71 heavy (non-hydrogen) atoms. The number of amides is 4. The molecule has 19 heteroatoms. The Bertz CT molecular complexity index is 2570. The van der Waals surface area contributed by atoms with Gasteiger partial charge in [0.2, 0.25) is 17.7 Å². The summed E-state index contributed by atoms with van der Waals surface area (Å²) >= 11 is 0. The van der Waals surface area contributed by atoms with Gasteiger partial charge in [-0.1, -0.05) is 58.5 Å². The zero-order valence-electron chi connectivity index (χ0n) is 41.8. The van der Waals surface area contributed by atoms with Gasteiger partial charge in [0.1, 0.15) is 29.7 Å². The fourth-order valence-electron chi connectivity index (χ4n) is 10.1. The van der Waals surface area contributed by atoms with E-state index in [1.165, 1.54) is 22.1 Å². The minimum atomic E-state index is -1.19. The van der Waals surface area contributed by atoms with Crippen LogP contribution in [-0.4, -0.2) is 119 Å². The molecule has 1 aromatic heterocycles. The van der Waals surface area contributed by atoms with Gasteiger partial charge >= 0.3 is 5.97 Å². The molecule has 3 N–H and O–H groups in total. The van der Waals surface area contributed by atoms with E-state index in [-0.39, 0.29) is 109 Å². The number of aryl methyl sites for hydroxylation is 1. The first-order valence-electron chi connectivity index (χ1n) is 23.4. The molecule has 0 unspecified atom stereocenters. The zero-order valence-corrected chi connectivity index (χ0v) is 45.8. The van der Waals surface area contributed by atoms with E-state index in [0.717, 1.165) is 33.3 Å². The normalized spacial score (nSPS) is 19.2. The van der Waals surface area contributed by atoms with Crippen molar-refractivity contribution in [2.24, 2.45) is 17.3 Å². The number of aromatic nitrogens is 1. The van der Waals surface area contributed by atoms with Crippen LogP contribution in [0.15, 0.2) is 67.3 Å². The minimum absolute atomic E-state index is 0. The summed E-state index contributed by atoms with van der Waals surface area (Å²) in [5, 5.41) is 16.5. The largest absolute Gasteiger partial charge is 0.508 e. The number of phenolic OH excluding ortho intramolecular Hbond substituents is 1. The van der Waals surface area contributed by atoms with Crippen molar-refractivity contribution < 1.29 is 42.9 Å². The number of benzene rings is 3. The van der Waals surface area contributed by atoms with Gasteiger partial charge in [-0.3, -0.25) is 29.0 Å². The number of halogens is 1. The van der Waals surface area contributed by atoms with Crippen LogP contribution in [0.5, 0.6) is 5.75 Å². The standard InChI is InChI=1S/C52H65FN6O8.4H2S/c1-9-44(61)57-21-18-35(29-57)49(63)56(7)46(31(3)4)48(62)54-42-25-32-23-36(26-37(60)24-32)34-16-17-43-38(27-34)39(47(58(43)10-2)45-33(19-22-66-8)13-11-14-40(45)53)28-52(5,6)30-67-51(65)41-15-12-20-59(55-41)50(42)64;;;;/h9,11,13-14,16-17,23-24,26-27,31,35,41-42,46,55,60H,1,10,12,15,18-22,25,28-30H2,2-8H3,(H,54,62);4*1H2/t35-,41-,42-,46-;;;;/m0..../s1. The Hall–Kier alpha value is -4.66. The lowest BCUT2D eigenvalue weighted by Gasteiger charge is -2.37. The van der Waals surface area contributed by atoms with Crippen molar-refractivity contribution in [3.05, 3.63) is 89.8 Å². The van der Waals surface area contributed by atoms with Crippen LogP contribution in [0.1, 0.15) is 70.6 Å². The number of likely N-dealkylation sites (tertiary alicyclic amines) is 1. The Morgan fingerprint density at radius 3 is 2.45 bits per heavy atom. The van der Waals surface area contributed by atoms with E-state index in [2.05, 4.69) is 21.9 Å². The molecule has 6 bridgehead atoms. The number of rotatable bonds is 11. The van der Waals surface area contributed by atoms with E-state index in [0.29, 0.717) is 68.5 Å². The maximum absolute atomic E-state index is 16.4. The molecule has 0 saturated carbocycles. The Morgan fingerprint density at radius 2 is 1.77 bits per heavy atom. The second-order valence-electron chi connectivity index (χ2n) is 19.3. The molecule has 0 spiro atoms. The number of hydrazine groups is 1. The van der Waals surface area contributed by atoms with Crippen molar-refractivity contribution in [3.8, 4) is 28.1 Å². The molecule has 4 aromatic rings. The molecule has 4 heterocycles. The van der Waals surface area contributed by atoms with Crippen molar-refractivity contribution >= 4 is 94.5 Å². The van der Waals surface area contributed by atoms with Crippen LogP contribution in [-0.2, 0) is 59.3 Å². The lowest BCUT2D eigenvalue weighted by atomic mass is 9.83. The lowest BCUT2D eigenvalue weighted by Crippen LogP contribution is -2.62. The maximum Gasteiger partial charge on any atom is 0.324 e. The molecule has 0 aliphatic carbocycles. The molecule has 3 aliphatic rings. The first-order chi connectivity index (χ1) is 31.9. The number of carbonyl (C=O) groups excluding carboxylic acids is 5. The molecule has 4 amide bonds. The molecule has 2 fully saturated rings. The van der Waals surface area contributed by atoms with Gasteiger partial charge in [-0.15, -0.1) is 0 Å². The highest BCUT2D eigenvalue weighted by molar-refractivity contribution is 7.59. The van der Waals surface area contributed by atoms with Gasteiger partial charge in [-0.25, -0.2) is 9.82 Å². The average molecular weight is 1060 g/mol. The SMILES string of the molecule is C=CC(=O)N1CC[C@H](C(=O)N(C)[C@H](C(=O)N[C@H]2Cc3cc(O)cc(c3)-c3ccc4c(c3)c(c(-c3c(F)cccc3CCOC)n4CC)CC(C)(C)COC(=O)[C@@H]3CCCN(N3)C2=O)C(C)C)C1.S.S.S.S. The summed E-state index contributed by atoms with van der Waals surface area (Å²) in [4.78, 5) is 72.3. The molecular weight excluding hydrogens is 984 g/mol. The van der Waals surface area contributed by atoms with E-state index < -0.39 is 47.2 Å². The van der Waals surface area contributed by atoms with Gasteiger partial charge in [0.15, 0.2) is 0 Å². The number of nitrogens with zero attached hydrogens (tertiary/aromatic N) is 4. The summed E-state index contributed by atoms with van der Waals surface area (Å²) in [7, 11) is 3.19. The molecule has 3 aliphatic heterocycles. The third-order valence-electron chi connectivity index (χ3n) is 13.4. The van der Waals surface area contributed by atoms with Gasteiger partial charge in [-0.2, -0.15) is 54.0 Å². The predicted molar refractivity (Wildman–Crippen MR) is 295 cm³/mol. The van der Waals surface area contributed by atoms with Crippen LogP contribution in [0, 0.1) is 23.1 Å². The Balaban J connectivity index is 0.00000333. The quantitative estimate of drug-likeness (QED) is 0.110. The monoisotopic (exact) mass is 1060 g/mol. The number of likely N-dealkylation sites (N-methyl/N-ethyl adjacent to an activating group) is 1. The summed E-state index contributed by atoms with van der Waals surface area (Å²) in [6, 6.07) is 13.2. The number of ether oxygens (including phenoxy) is 2. The Kier molecular flexibility index (Phi) is 22.1. The van der Waals surface area contributed by atoms with E-state index in [1.807, 2.05) is 65.0 Å². The number of phenols is 1. The lowest BCUT2D eigenvalue weighted by molar-refractivity contribution is -0.155. The van der Waals surface area contributed by atoms with Crippen molar-refractivity contribution in [1.82, 2.24) is 30.1 Å². The van der Waals surface area contributed by atoms with Crippen molar-refractivity contribution in [3.63, 3.8) is 0 Å². The molecule has 7 rings (SSSR count). The van der Waals surface area contributed by atoms with Crippen LogP contribution in [0.25, 0.3) is 33.3 Å². The number of cyclic esters (lactones) is 1. The highest BCUT2D eigenvalue weighted by Crippen LogP contribution is 2.42. The van der Waals surface area contributed by atoms with Crippen molar-refractivity contribution in [1.29, 1.82) is 0 Å². The molecular formula is C52H73FN6O8S4. The van der Waals surface area contributed by atoms with Gasteiger partial charge < -0.3 is 34.3 Å². The van der Waals surface area contributed by atoms with Crippen LogP contribution < -0.4 is 10.7 Å². The summed E-state index contributed by atoms with van der Waals surface area (Å²) < 4.78 is 30.0. The summed E-state index contributed by atoms with van der Waals surface area (Å²) in [6.45, 7) is 15.1. The number of methoxy groups -OCH3 is 1.